The summed E-state index contributed by atoms with van der Waals surface area (Å²) >= 11 is 0. The number of amides is 1. The van der Waals surface area contributed by atoms with E-state index in [-0.39, 0.29) is 12.2 Å². The van der Waals surface area contributed by atoms with Gasteiger partial charge in [0.2, 0.25) is 0 Å². The molecule has 0 aliphatic heterocycles. The van der Waals surface area contributed by atoms with Gasteiger partial charge in [0.25, 0.3) is 5.91 Å². The number of ether oxygens (including phenoxy) is 2. The first-order valence-corrected chi connectivity index (χ1v) is 13.2. The van der Waals surface area contributed by atoms with Crippen LogP contribution in [0.5, 0.6) is 5.75 Å². The third-order valence-electron chi connectivity index (χ3n) is 6.47. The lowest BCUT2D eigenvalue weighted by Gasteiger charge is -2.19. The van der Waals surface area contributed by atoms with E-state index >= 15 is 0 Å². The van der Waals surface area contributed by atoms with Gasteiger partial charge in [-0.25, -0.2) is 4.79 Å². The number of benzene rings is 3. The van der Waals surface area contributed by atoms with Gasteiger partial charge in [-0.2, -0.15) is 13.2 Å². The molecule has 0 saturated heterocycles. The molecule has 0 radical (unpaired) electrons. The maximum atomic E-state index is 13.1. The Morgan fingerprint density at radius 2 is 1.51 bits per heavy atom. The molecular weight excluding hydrogens is 563 g/mol. The molecule has 1 heterocycles. The number of carbonyl (C=O) groups excluding carboxylic acids is 3. The van der Waals surface area contributed by atoms with Crippen molar-refractivity contribution in [3.63, 3.8) is 0 Å². The van der Waals surface area contributed by atoms with Crippen molar-refractivity contribution in [3.05, 3.63) is 119 Å². The predicted octanol–water partition coefficient (Wildman–Crippen LogP) is 5.52. The number of hydrogen-bond donors (Lipinski definition) is 2. The van der Waals surface area contributed by atoms with Crippen LogP contribution < -0.4 is 15.5 Å². The van der Waals surface area contributed by atoms with Gasteiger partial charge in [-0.05, 0) is 60.0 Å². The van der Waals surface area contributed by atoms with Gasteiger partial charge in [-0.3, -0.25) is 15.0 Å². The molecule has 11 heteroatoms. The van der Waals surface area contributed by atoms with Gasteiger partial charge in [-0.15, -0.1) is 0 Å². The van der Waals surface area contributed by atoms with Crippen LogP contribution in [-0.2, 0) is 20.9 Å². The summed E-state index contributed by atoms with van der Waals surface area (Å²) in [6.45, 7) is 2.69. The van der Waals surface area contributed by atoms with Crippen LogP contribution in [0.25, 0.3) is 11.1 Å². The lowest BCUT2D eigenvalue weighted by Crippen LogP contribution is -2.33. The summed E-state index contributed by atoms with van der Waals surface area (Å²) < 4.78 is 49.3. The van der Waals surface area contributed by atoms with E-state index in [4.69, 9.17) is 10.1 Å². The molecule has 3 aromatic carbocycles. The van der Waals surface area contributed by atoms with E-state index in [0.29, 0.717) is 23.3 Å². The van der Waals surface area contributed by atoms with Crippen LogP contribution in [0.15, 0.2) is 97.2 Å². The summed E-state index contributed by atoms with van der Waals surface area (Å²) in [6.07, 6.45) is -4.29. The van der Waals surface area contributed by atoms with E-state index in [1.54, 1.807) is 59.3 Å². The van der Waals surface area contributed by atoms with Gasteiger partial charge in [0, 0.05) is 11.8 Å². The van der Waals surface area contributed by atoms with E-state index in [2.05, 4.69) is 10.1 Å². The number of nitrogens with zero attached hydrogens (tertiary/aromatic N) is 1. The van der Waals surface area contributed by atoms with E-state index in [1.807, 2.05) is 37.3 Å². The van der Waals surface area contributed by atoms with E-state index < -0.39 is 36.5 Å². The second kappa shape index (κ2) is 13.6. The molecule has 4 rings (SSSR count). The number of rotatable bonds is 10. The highest BCUT2D eigenvalue weighted by atomic mass is 19.4. The predicted molar refractivity (Wildman–Crippen MR) is 151 cm³/mol. The summed E-state index contributed by atoms with van der Waals surface area (Å²) in [6, 6.07) is 24.9. The molecule has 0 saturated carbocycles. The van der Waals surface area contributed by atoms with Crippen LogP contribution in [0.2, 0.25) is 0 Å². The van der Waals surface area contributed by atoms with Crippen LogP contribution in [0.3, 0.4) is 0 Å². The molecule has 1 aromatic heterocycles. The third kappa shape index (κ3) is 8.65. The maximum Gasteiger partial charge on any atom is 0.491 e. The minimum absolute atomic E-state index is 0.208. The number of nitrogens with one attached hydrogen (secondary N) is 2. The Kier molecular flexibility index (Phi) is 9.76. The fourth-order valence-corrected chi connectivity index (χ4v) is 4.15. The van der Waals surface area contributed by atoms with E-state index in [0.717, 1.165) is 16.7 Å². The van der Waals surface area contributed by atoms with Crippen molar-refractivity contribution in [1.82, 2.24) is 9.88 Å². The average Bonchev–Trinajstić information content (AvgIpc) is 2.98. The Morgan fingerprint density at radius 1 is 0.884 bits per heavy atom. The van der Waals surface area contributed by atoms with Crippen LogP contribution in [-0.4, -0.2) is 35.2 Å². The van der Waals surface area contributed by atoms with Crippen molar-refractivity contribution in [3.8, 4) is 16.9 Å². The van der Waals surface area contributed by atoms with Gasteiger partial charge in [0.15, 0.2) is 0 Å². The Morgan fingerprint density at radius 3 is 2.12 bits per heavy atom. The normalized spacial score (nSPS) is 11.8. The molecule has 0 fully saturated rings. The average molecular weight is 592 g/mol. The fraction of sp³-hybridized carbons (Fsp3) is 0.188. The van der Waals surface area contributed by atoms with Crippen molar-refractivity contribution in [2.45, 2.75) is 32.1 Å². The molecule has 222 valence electrons. The molecule has 1 unspecified atom stereocenters. The number of alkyl halides is 3. The fourth-order valence-electron chi connectivity index (χ4n) is 4.15. The zero-order valence-corrected chi connectivity index (χ0v) is 23.1. The number of halogens is 3. The monoisotopic (exact) mass is 591 g/mol. The minimum Gasteiger partial charge on any atom is -0.492 e. The molecule has 43 heavy (non-hydrogen) atoms. The first-order valence-electron chi connectivity index (χ1n) is 13.2. The summed E-state index contributed by atoms with van der Waals surface area (Å²) in [5.41, 5.74) is 3.83. The number of pyridine rings is 1. The summed E-state index contributed by atoms with van der Waals surface area (Å²) in [5.74, 6) is -4.19. The van der Waals surface area contributed by atoms with Crippen molar-refractivity contribution in [2.75, 3.05) is 6.61 Å². The SMILES string of the molecule is Cc1ccc(-c2ccc(C(CC(=O)OC(=O)C(F)(F)F)NC(=O)c3ccc(OCCn4ccccc4=N)cc3)cc2)cc1. The van der Waals surface area contributed by atoms with Crippen LogP contribution >= 0.6 is 0 Å². The molecule has 0 aliphatic rings. The van der Waals surface area contributed by atoms with Crippen LogP contribution in [0.4, 0.5) is 13.2 Å². The number of esters is 2. The molecule has 2 N–H and O–H groups in total. The molecule has 0 aliphatic carbocycles. The van der Waals surface area contributed by atoms with Gasteiger partial charge in [0.1, 0.15) is 17.8 Å². The number of hydrogen-bond acceptors (Lipinski definition) is 6. The van der Waals surface area contributed by atoms with Crippen molar-refractivity contribution < 1.29 is 37.0 Å². The number of aromatic nitrogens is 1. The lowest BCUT2D eigenvalue weighted by atomic mass is 9.98. The van der Waals surface area contributed by atoms with Crippen molar-refractivity contribution in [1.29, 1.82) is 5.41 Å². The largest absolute Gasteiger partial charge is 0.492 e. The van der Waals surface area contributed by atoms with Crippen molar-refractivity contribution in [2.24, 2.45) is 0 Å². The highest BCUT2D eigenvalue weighted by molar-refractivity contribution is 5.95. The number of aryl methyl sites for hydroxylation is 1. The Bertz CT molecular complexity index is 1630. The first-order chi connectivity index (χ1) is 20.5. The molecule has 0 bridgehead atoms. The topological polar surface area (TPSA) is 110 Å². The molecule has 1 atom stereocenters. The molecule has 1 amide bonds. The standard InChI is InChI=1S/C32H28F3N3O5/c1-21-5-7-22(8-6-21)23-9-11-24(12-10-23)27(20-29(39)43-31(41)32(33,34)35)37-30(40)25-13-15-26(16-14-25)42-19-18-38-17-3-2-4-28(38)36/h2-17,27,36H,18-20H2,1H3,(H,37,40). The highest BCUT2D eigenvalue weighted by Crippen LogP contribution is 2.26. The molecular formula is C32H28F3N3O5. The summed E-state index contributed by atoms with van der Waals surface area (Å²) in [5, 5.41) is 10.5. The number of carbonyl (C=O) groups is 3. The molecule has 8 nitrogen and oxygen atoms in total. The Hall–Kier alpha value is -5.19. The van der Waals surface area contributed by atoms with Gasteiger partial charge >= 0.3 is 18.1 Å². The molecule has 0 spiro atoms. The highest BCUT2D eigenvalue weighted by Gasteiger charge is 2.42. The van der Waals surface area contributed by atoms with Gasteiger partial charge in [-0.1, -0.05) is 60.2 Å². The van der Waals surface area contributed by atoms with E-state index in [1.165, 1.54) is 12.1 Å². The Labute approximate surface area is 245 Å². The first kappa shape index (κ1) is 30.8. The molecule has 4 aromatic rings. The smallest absolute Gasteiger partial charge is 0.491 e. The van der Waals surface area contributed by atoms with Crippen molar-refractivity contribution >= 4 is 17.8 Å². The quantitative estimate of drug-likeness (QED) is 0.187. The zero-order chi connectivity index (χ0) is 31.0. The zero-order valence-electron chi connectivity index (χ0n) is 23.1. The summed E-state index contributed by atoms with van der Waals surface area (Å²) in [7, 11) is 0. The van der Waals surface area contributed by atoms with Gasteiger partial charge in [0.05, 0.1) is 19.0 Å². The Balaban J connectivity index is 1.46. The third-order valence-corrected chi connectivity index (χ3v) is 6.47. The maximum absolute atomic E-state index is 13.1. The van der Waals surface area contributed by atoms with E-state index in [9.17, 15) is 27.6 Å². The van der Waals surface area contributed by atoms with Gasteiger partial charge < -0.3 is 19.4 Å². The second-order valence-electron chi connectivity index (χ2n) is 9.63. The second-order valence-corrected chi connectivity index (χ2v) is 9.63. The van der Waals surface area contributed by atoms with Crippen LogP contribution in [0.1, 0.15) is 33.9 Å². The van der Waals surface area contributed by atoms with Crippen LogP contribution in [0, 0.1) is 12.3 Å². The minimum atomic E-state index is -5.34. The lowest BCUT2D eigenvalue weighted by molar-refractivity contribution is -0.202. The summed E-state index contributed by atoms with van der Waals surface area (Å²) in [4.78, 5) is 36.5.